The van der Waals surface area contributed by atoms with E-state index in [9.17, 15) is 9.59 Å². The number of Topliss-reactive ketones (excluding diaryl/α,β-unsaturated/α-hetero) is 1. The maximum Gasteiger partial charge on any atom is 0.305 e. The number of benzene rings is 7. The second-order valence-electron chi connectivity index (χ2n) is 12.9. The first-order chi connectivity index (χ1) is 27.1. The molecular formula is C47H36N4O3S. The van der Waals surface area contributed by atoms with Gasteiger partial charge >= 0.3 is 5.97 Å². The van der Waals surface area contributed by atoms with Crippen LogP contribution in [0.4, 0.5) is 34.1 Å². The fraction of sp³-hybridized carbons (Fsp3) is 0.0638. The molecule has 0 saturated carbocycles. The summed E-state index contributed by atoms with van der Waals surface area (Å²) in [5, 5.41) is 0. The number of methoxy groups -OCH3 is 1. The molecule has 0 spiro atoms. The van der Waals surface area contributed by atoms with Crippen LogP contribution in [-0.4, -0.2) is 27.6 Å². The summed E-state index contributed by atoms with van der Waals surface area (Å²) >= 11 is 1.22. The summed E-state index contributed by atoms with van der Waals surface area (Å²) in [5.41, 5.74) is 12.5. The van der Waals surface area contributed by atoms with E-state index in [0.717, 1.165) is 67.4 Å². The molecular weight excluding hydrogens is 701 g/mol. The largest absolute Gasteiger partial charge is 0.469 e. The van der Waals surface area contributed by atoms with E-state index in [1.54, 1.807) is 0 Å². The Morgan fingerprint density at radius 3 is 1.22 bits per heavy atom. The van der Waals surface area contributed by atoms with Crippen molar-refractivity contribution < 1.29 is 14.3 Å². The summed E-state index contributed by atoms with van der Waals surface area (Å²) in [5.74, 6) is -0.497. The molecule has 0 amide bonds. The van der Waals surface area contributed by atoms with Crippen LogP contribution in [0.5, 0.6) is 0 Å². The van der Waals surface area contributed by atoms with E-state index >= 15 is 0 Å². The molecule has 0 bridgehead atoms. The predicted molar refractivity (Wildman–Crippen MR) is 223 cm³/mol. The third-order valence-electron chi connectivity index (χ3n) is 9.56. The van der Waals surface area contributed by atoms with Crippen molar-refractivity contribution in [3.8, 4) is 22.3 Å². The molecule has 1 aromatic heterocycles. The van der Waals surface area contributed by atoms with Gasteiger partial charge in [0.2, 0.25) is 0 Å². The summed E-state index contributed by atoms with van der Waals surface area (Å²) in [6, 6.07) is 59.7. The molecule has 0 N–H and O–H groups in total. The molecule has 8 aromatic rings. The Hall–Kier alpha value is -6.90. The van der Waals surface area contributed by atoms with Crippen molar-refractivity contribution in [2.45, 2.75) is 12.8 Å². The number of ether oxygens (including phenoxy) is 1. The van der Waals surface area contributed by atoms with Crippen molar-refractivity contribution in [3.63, 3.8) is 0 Å². The third kappa shape index (κ3) is 7.49. The average molecular weight is 737 g/mol. The van der Waals surface area contributed by atoms with Crippen LogP contribution < -0.4 is 9.80 Å². The molecule has 8 heteroatoms. The number of carbonyl (C=O) groups is 2. The molecule has 0 aliphatic heterocycles. The van der Waals surface area contributed by atoms with E-state index in [4.69, 9.17) is 13.5 Å². The van der Waals surface area contributed by atoms with Gasteiger partial charge in [0.1, 0.15) is 11.0 Å². The monoisotopic (exact) mass is 736 g/mol. The summed E-state index contributed by atoms with van der Waals surface area (Å²) in [6.07, 6.45) is 0.162. The smallest absolute Gasteiger partial charge is 0.305 e. The molecule has 1 heterocycles. The number of esters is 1. The average Bonchev–Trinajstić information content (AvgIpc) is 3.75. The van der Waals surface area contributed by atoms with E-state index < -0.39 is 5.97 Å². The van der Waals surface area contributed by atoms with Crippen molar-refractivity contribution in [1.29, 1.82) is 0 Å². The van der Waals surface area contributed by atoms with Crippen molar-refractivity contribution in [3.05, 3.63) is 181 Å². The van der Waals surface area contributed by atoms with E-state index in [0.29, 0.717) is 5.56 Å². The molecule has 0 radical (unpaired) electrons. The molecule has 268 valence electrons. The number of hydrogen-bond acceptors (Lipinski definition) is 8. The molecule has 0 fully saturated rings. The van der Waals surface area contributed by atoms with Gasteiger partial charge in [0.25, 0.3) is 0 Å². The summed E-state index contributed by atoms with van der Waals surface area (Å²) in [4.78, 5) is 28.7. The van der Waals surface area contributed by atoms with E-state index in [1.807, 2.05) is 54.6 Å². The summed E-state index contributed by atoms with van der Waals surface area (Å²) in [6.45, 7) is 0. The van der Waals surface area contributed by atoms with Gasteiger partial charge < -0.3 is 14.5 Å². The molecule has 0 atom stereocenters. The Morgan fingerprint density at radius 1 is 0.473 bits per heavy atom. The zero-order valence-electron chi connectivity index (χ0n) is 30.1. The zero-order valence-corrected chi connectivity index (χ0v) is 30.9. The van der Waals surface area contributed by atoms with Gasteiger partial charge in [-0.25, -0.2) is 0 Å². The number of rotatable bonds is 12. The second kappa shape index (κ2) is 16.0. The Bertz CT molecular complexity index is 2500. The quantitative estimate of drug-likeness (QED) is 0.0913. The van der Waals surface area contributed by atoms with Crippen molar-refractivity contribution >= 4 is 68.6 Å². The SMILES string of the molecule is COC(=O)CCC(=O)c1ccc(N(c2ccccc2)c2ccc(-c3ccc(-c4ccc(N(c5ccccc5)c5ccccc5)cc4)c4nsnc34)cc2)cc1. The number of ketones is 1. The number of anilines is 6. The molecule has 55 heavy (non-hydrogen) atoms. The lowest BCUT2D eigenvalue weighted by Crippen LogP contribution is -2.10. The molecule has 0 saturated heterocycles. The Kier molecular flexibility index (Phi) is 10.2. The normalized spacial score (nSPS) is 10.9. The van der Waals surface area contributed by atoms with Gasteiger partial charge in [0.15, 0.2) is 5.78 Å². The van der Waals surface area contributed by atoms with Gasteiger partial charge in [-0.2, -0.15) is 8.75 Å². The topological polar surface area (TPSA) is 75.6 Å². The Labute approximate surface area is 324 Å². The number of carbonyl (C=O) groups excluding carboxylic acids is 2. The molecule has 7 nitrogen and oxygen atoms in total. The predicted octanol–water partition coefficient (Wildman–Crippen LogP) is 12.1. The first-order valence-corrected chi connectivity index (χ1v) is 18.7. The number of nitrogens with zero attached hydrogens (tertiary/aromatic N) is 4. The van der Waals surface area contributed by atoms with Crippen LogP contribution in [0.2, 0.25) is 0 Å². The number of aromatic nitrogens is 2. The van der Waals surface area contributed by atoms with E-state index in [2.05, 4.69) is 131 Å². The first kappa shape index (κ1) is 35.1. The van der Waals surface area contributed by atoms with Crippen molar-refractivity contribution in [1.82, 2.24) is 8.75 Å². The van der Waals surface area contributed by atoms with Crippen LogP contribution in [0.1, 0.15) is 23.2 Å². The zero-order chi connectivity index (χ0) is 37.6. The van der Waals surface area contributed by atoms with E-state index in [1.165, 1.54) is 18.8 Å². The van der Waals surface area contributed by atoms with Gasteiger partial charge in [0.05, 0.1) is 25.3 Å². The minimum atomic E-state index is -0.396. The number of para-hydroxylation sites is 3. The standard InChI is InChI=1S/C47H36N4O3S/c1-54-45(53)32-31-44(52)35-21-27-41(28-22-35)51(38-15-9-4-10-16-38)40-25-19-34(20-26-40)43-30-29-42(46-47(43)49-55-48-46)33-17-23-39(24-18-33)50(36-11-5-2-6-12-36)37-13-7-3-8-14-37/h2-30H,31-32H2,1H3. The highest BCUT2D eigenvalue weighted by Gasteiger charge is 2.18. The second-order valence-corrected chi connectivity index (χ2v) is 13.5. The van der Waals surface area contributed by atoms with Crippen molar-refractivity contribution in [2.75, 3.05) is 16.9 Å². The lowest BCUT2D eigenvalue weighted by molar-refractivity contribution is -0.140. The van der Waals surface area contributed by atoms with Gasteiger partial charge in [-0.15, -0.1) is 0 Å². The fourth-order valence-corrected chi connectivity index (χ4v) is 7.37. The van der Waals surface area contributed by atoms with Crippen LogP contribution >= 0.6 is 11.7 Å². The highest BCUT2D eigenvalue weighted by molar-refractivity contribution is 7.00. The van der Waals surface area contributed by atoms with Gasteiger partial charge in [0, 0.05) is 57.2 Å². The lowest BCUT2D eigenvalue weighted by atomic mass is 9.97. The van der Waals surface area contributed by atoms with E-state index in [-0.39, 0.29) is 18.6 Å². The molecule has 0 aliphatic carbocycles. The molecule has 8 rings (SSSR count). The van der Waals surface area contributed by atoms with Crippen LogP contribution in [0.15, 0.2) is 176 Å². The highest BCUT2D eigenvalue weighted by Crippen LogP contribution is 2.40. The molecule has 0 unspecified atom stereocenters. The van der Waals surface area contributed by atoms with Crippen LogP contribution in [0, 0.1) is 0 Å². The maximum absolute atomic E-state index is 12.7. The minimum Gasteiger partial charge on any atom is -0.469 e. The lowest BCUT2D eigenvalue weighted by Gasteiger charge is -2.26. The van der Waals surface area contributed by atoms with Gasteiger partial charge in [-0.3, -0.25) is 9.59 Å². The Balaban J connectivity index is 1.07. The Morgan fingerprint density at radius 2 is 0.836 bits per heavy atom. The minimum absolute atomic E-state index is 0.0574. The maximum atomic E-state index is 12.7. The van der Waals surface area contributed by atoms with Crippen molar-refractivity contribution in [2.24, 2.45) is 0 Å². The summed E-state index contributed by atoms with van der Waals surface area (Å²) < 4.78 is 14.2. The van der Waals surface area contributed by atoms with Crippen LogP contribution in [0.25, 0.3) is 33.3 Å². The van der Waals surface area contributed by atoms with Gasteiger partial charge in [-0.1, -0.05) is 91.0 Å². The molecule has 7 aromatic carbocycles. The molecule has 0 aliphatic rings. The van der Waals surface area contributed by atoms with Crippen LogP contribution in [0.3, 0.4) is 0 Å². The first-order valence-electron chi connectivity index (χ1n) is 18.0. The highest BCUT2D eigenvalue weighted by atomic mass is 32.1. The summed E-state index contributed by atoms with van der Waals surface area (Å²) in [7, 11) is 1.33. The van der Waals surface area contributed by atoms with Crippen LogP contribution in [-0.2, 0) is 9.53 Å². The third-order valence-corrected chi connectivity index (χ3v) is 10.1. The fourth-order valence-electron chi connectivity index (χ4n) is 6.80. The number of hydrogen-bond donors (Lipinski definition) is 0. The van der Waals surface area contributed by atoms with Gasteiger partial charge in [-0.05, 0) is 96.1 Å². The number of fused-ring (bicyclic) bond motifs is 1.